The van der Waals surface area contributed by atoms with Crippen LogP contribution in [0.25, 0.3) is 0 Å². The van der Waals surface area contributed by atoms with Gasteiger partial charge in [0, 0.05) is 0 Å². The summed E-state index contributed by atoms with van der Waals surface area (Å²) < 4.78 is 36.4. The predicted molar refractivity (Wildman–Crippen MR) is 101 cm³/mol. The highest BCUT2D eigenvalue weighted by molar-refractivity contribution is 7.89. The minimum Gasteiger partial charge on any atom is -0.481 e. The maximum Gasteiger partial charge on any atom is 0.335 e. The monoisotopic (exact) mass is 424 g/mol. The molecule has 1 heterocycles. The number of ether oxygens (including phenoxy) is 2. The second kappa shape index (κ2) is 9.19. The molecule has 3 N–H and O–H groups in total. The van der Waals surface area contributed by atoms with Crippen LogP contribution in [0.3, 0.4) is 0 Å². The van der Waals surface area contributed by atoms with Gasteiger partial charge in [-0.05, 0) is 24.1 Å². The van der Waals surface area contributed by atoms with Crippen LogP contribution in [-0.2, 0) is 22.3 Å². The lowest BCUT2D eigenvalue weighted by Crippen LogP contribution is -2.40. The van der Waals surface area contributed by atoms with E-state index >= 15 is 0 Å². The first-order valence-corrected chi connectivity index (χ1v) is 9.86. The normalized spacial score (nSPS) is 10.9. The Morgan fingerprint density at radius 2 is 1.76 bits per heavy atom. The number of aromatic carboxylic acids is 1. The molecule has 29 heavy (non-hydrogen) atoms. The van der Waals surface area contributed by atoms with Crippen molar-refractivity contribution >= 4 is 22.0 Å². The van der Waals surface area contributed by atoms with Crippen molar-refractivity contribution in [3.8, 4) is 11.8 Å². The van der Waals surface area contributed by atoms with Crippen molar-refractivity contribution in [1.82, 2.24) is 20.0 Å². The van der Waals surface area contributed by atoms with Crippen LogP contribution in [0.1, 0.15) is 27.3 Å². The third kappa shape index (κ3) is 6.04. The summed E-state index contributed by atoms with van der Waals surface area (Å²) in [6.07, 6.45) is 0. The van der Waals surface area contributed by atoms with Crippen LogP contribution >= 0.6 is 0 Å². The van der Waals surface area contributed by atoms with Crippen molar-refractivity contribution in [2.45, 2.75) is 19.2 Å². The molecule has 0 saturated heterocycles. The highest BCUT2D eigenvalue weighted by Crippen LogP contribution is 2.17. The van der Waals surface area contributed by atoms with E-state index in [1.54, 1.807) is 0 Å². The maximum atomic E-state index is 12.3. The Morgan fingerprint density at radius 3 is 2.31 bits per heavy atom. The molecule has 2 amide bonds. The van der Waals surface area contributed by atoms with Crippen LogP contribution in [0.4, 0.5) is 4.79 Å². The van der Waals surface area contributed by atoms with E-state index in [1.165, 1.54) is 45.4 Å². The number of rotatable bonds is 8. The predicted octanol–water partition coefficient (Wildman–Crippen LogP) is 0.830. The standard InChI is InChI=1S/C17H20N4O7S/c1-10-11(5-4-6-12(10)16(22)23)9-29(25,26)21-17(24)18-8-13-19-14(27-2)7-15(20-13)28-3/h4-7H,8-9H2,1-3H3,(H,22,23)(H2,18,21,24). The van der Waals surface area contributed by atoms with E-state index < -0.39 is 27.8 Å². The Balaban J connectivity index is 2.03. The number of sulfonamides is 1. The third-order valence-corrected chi connectivity index (χ3v) is 5.01. The van der Waals surface area contributed by atoms with Gasteiger partial charge in [0.2, 0.25) is 21.8 Å². The van der Waals surface area contributed by atoms with Gasteiger partial charge in [-0.1, -0.05) is 12.1 Å². The zero-order valence-electron chi connectivity index (χ0n) is 15.9. The first-order chi connectivity index (χ1) is 13.6. The number of carboxylic acids is 1. The number of amides is 2. The average molecular weight is 424 g/mol. The van der Waals surface area contributed by atoms with Gasteiger partial charge in [-0.3, -0.25) is 0 Å². The number of hydrogen-bond acceptors (Lipinski definition) is 8. The summed E-state index contributed by atoms with van der Waals surface area (Å²) in [6, 6.07) is 4.75. The molecule has 1 aromatic heterocycles. The minimum atomic E-state index is -4.07. The molecule has 0 aliphatic heterocycles. The fraction of sp³-hybridized carbons (Fsp3) is 0.294. The molecule has 0 aliphatic carbocycles. The topological polar surface area (TPSA) is 157 Å². The van der Waals surface area contributed by atoms with Gasteiger partial charge in [0.25, 0.3) is 0 Å². The Morgan fingerprint density at radius 1 is 1.14 bits per heavy atom. The van der Waals surface area contributed by atoms with Gasteiger partial charge in [-0.2, -0.15) is 9.97 Å². The smallest absolute Gasteiger partial charge is 0.335 e. The van der Waals surface area contributed by atoms with Crippen molar-refractivity contribution in [2.75, 3.05) is 14.2 Å². The molecule has 0 aliphatic rings. The van der Waals surface area contributed by atoms with Crippen LogP contribution in [0.2, 0.25) is 0 Å². The number of methoxy groups -OCH3 is 2. The molecule has 0 spiro atoms. The maximum absolute atomic E-state index is 12.3. The number of nitrogens with one attached hydrogen (secondary N) is 2. The summed E-state index contributed by atoms with van der Waals surface area (Å²) in [6.45, 7) is 1.32. The van der Waals surface area contributed by atoms with Crippen molar-refractivity contribution < 1.29 is 32.6 Å². The van der Waals surface area contributed by atoms with Crippen molar-refractivity contribution in [1.29, 1.82) is 0 Å². The molecular formula is C17H20N4O7S. The van der Waals surface area contributed by atoms with E-state index in [0.717, 1.165) is 0 Å². The summed E-state index contributed by atoms with van der Waals surface area (Å²) in [5, 5.41) is 11.5. The van der Waals surface area contributed by atoms with Gasteiger partial charge in [0.1, 0.15) is 0 Å². The van der Waals surface area contributed by atoms with Crippen molar-refractivity contribution in [3.63, 3.8) is 0 Å². The highest BCUT2D eigenvalue weighted by Gasteiger charge is 2.19. The van der Waals surface area contributed by atoms with E-state index in [1.807, 2.05) is 4.72 Å². The first kappa shape index (κ1) is 21.9. The zero-order chi connectivity index (χ0) is 21.6. The summed E-state index contributed by atoms with van der Waals surface area (Å²) in [5.41, 5.74) is 0.569. The molecule has 0 atom stereocenters. The highest BCUT2D eigenvalue weighted by atomic mass is 32.2. The minimum absolute atomic E-state index is 0.00808. The Bertz CT molecular complexity index is 1000. The molecule has 156 valence electrons. The lowest BCUT2D eigenvalue weighted by molar-refractivity contribution is 0.0696. The fourth-order valence-corrected chi connectivity index (χ4v) is 3.54. The Kier molecular flexibility index (Phi) is 6.93. The van der Waals surface area contributed by atoms with Crippen molar-refractivity contribution in [2.24, 2.45) is 0 Å². The number of nitrogens with zero attached hydrogens (tertiary/aromatic N) is 2. The number of hydrogen-bond donors (Lipinski definition) is 3. The Labute approximate surface area is 167 Å². The quantitative estimate of drug-likeness (QED) is 0.558. The fourth-order valence-electron chi connectivity index (χ4n) is 2.39. The van der Waals surface area contributed by atoms with Gasteiger partial charge in [0.05, 0.1) is 38.1 Å². The Hall–Kier alpha value is -3.41. The van der Waals surface area contributed by atoms with E-state index in [9.17, 15) is 18.0 Å². The first-order valence-electron chi connectivity index (χ1n) is 8.21. The molecule has 12 heteroatoms. The second-order valence-corrected chi connectivity index (χ2v) is 7.53. The van der Waals surface area contributed by atoms with E-state index in [-0.39, 0.29) is 35.3 Å². The molecule has 0 radical (unpaired) electrons. The molecule has 0 bridgehead atoms. The summed E-state index contributed by atoms with van der Waals surface area (Å²) >= 11 is 0. The lowest BCUT2D eigenvalue weighted by atomic mass is 10.0. The molecular weight excluding hydrogens is 404 g/mol. The number of carboxylic acid groups (broad SMARTS) is 1. The number of urea groups is 1. The summed E-state index contributed by atoms with van der Waals surface area (Å²) in [4.78, 5) is 31.2. The zero-order valence-corrected chi connectivity index (χ0v) is 16.7. The van der Waals surface area contributed by atoms with E-state index in [2.05, 4.69) is 15.3 Å². The summed E-state index contributed by atoms with van der Waals surface area (Å²) in [7, 11) is -1.27. The number of benzene rings is 1. The second-order valence-electron chi connectivity index (χ2n) is 5.81. The van der Waals surface area contributed by atoms with E-state index in [0.29, 0.717) is 5.56 Å². The third-order valence-electron chi connectivity index (χ3n) is 3.82. The number of aromatic nitrogens is 2. The van der Waals surface area contributed by atoms with Crippen LogP contribution in [-0.4, -0.2) is 49.7 Å². The molecule has 11 nitrogen and oxygen atoms in total. The van der Waals surface area contributed by atoms with Gasteiger partial charge in [-0.15, -0.1) is 0 Å². The lowest BCUT2D eigenvalue weighted by Gasteiger charge is -2.11. The van der Waals surface area contributed by atoms with Crippen LogP contribution in [0.5, 0.6) is 11.8 Å². The van der Waals surface area contributed by atoms with Gasteiger partial charge >= 0.3 is 12.0 Å². The van der Waals surface area contributed by atoms with E-state index in [4.69, 9.17) is 14.6 Å². The average Bonchev–Trinajstić information content (AvgIpc) is 2.66. The van der Waals surface area contributed by atoms with Crippen LogP contribution < -0.4 is 19.5 Å². The number of carbonyl (C=O) groups excluding carboxylic acids is 1. The molecule has 2 aromatic rings. The largest absolute Gasteiger partial charge is 0.481 e. The molecule has 0 unspecified atom stereocenters. The molecule has 2 rings (SSSR count). The molecule has 1 aromatic carbocycles. The van der Waals surface area contributed by atoms with Gasteiger partial charge in [0.15, 0.2) is 5.82 Å². The number of carbonyl (C=O) groups is 2. The van der Waals surface area contributed by atoms with Gasteiger partial charge in [-0.25, -0.2) is 22.7 Å². The van der Waals surface area contributed by atoms with Crippen LogP contribution in [0.15, 0.2) is 24.3 Å². The molecule has 0 fully saturated rings. The van der Waals surface area contributed by atoms with Crippen molar-refractivity contribution in [3.05, 3.63) is 46.8 Å². The van der Waals surface area contributed by atoms with Gasteiger partial charge < -0.3 is 19.9 Å². The SMILES string of the molecule is COc1cc(OC)nc(CNC(=O)NS(=O)(=O)Cc2cccc(C(=O)O)c2C)n1. The molecule has 0 saturated carbocycles. The summed E-state index contributed by atoms with van der Waals surface area (Å²) in [5.74, 6) is -1.14. The van der Waals surface area contributed by atoms with Crippen LogP contribution in [0, 0.1) is 6.92 Å².